The molecule has 1 atom stereocenters. The van der Waals surface area contributed by atoms with Gasteiger partial charge in [-0.15, -0.1) is 0 Å². The molecule has 1 aromatic carbocycles. The van der Waals surface area contributed by atoms with E-state index in [0.717, 1.165) is 12.2 Å². The van der Waals surface area contributed by atoms with Crippen molar-refractivity contribution >= 4 is 5.69 Å². The fraction of sp³-hybridized carbons (Fsp3) is 0.286. The first kappa shape index (κ1) is 10.8. The quantitative estimate of drug-likeness (QED) is 0.833. The summed E-state index contributed by atoms with van der Waals surface area (Å²) in [6.45, 7) is 4.27. The molecule has 84 valence electrons. The first-order chi connectivity index (χ1) is 7.81. The first-order valence-corrected chi connectivity index (χ1v) is 5.69. The molecule has 0 amide bonds. The minimum atomic E-state index is 0.197. The van der Waals surface area contributed by atoms with Gasteiger partial charge < -0.3 is 9.73 Å². The molecule has 16 heavy (non-hydrogen) atoms. The third kappa shape index (κ3) is 2.27. The molecule has 0 aliphatic heterocycles. The molecule has 0 aliphatic carbocycles. The van der Waals surface area contributed by atoms with Crippen LogP contribution in [0.1, 0.15) is 31.2 Å². The molecule has 0 spiro atoms. The second-order valence-electron chi connectivity index (χ2n) is 3.89. The van der Waals surface area contributed by atoms with Crippen molar-refractivity contribution in [2.75, 3.05) is 5.32 Å². The second-order valence-corrected chi connectivity index (χ2v) is 3.89. The number of nitrogens with one attached hydrogen (secondary N) is 1. The van der Waals surface area contributed by atoms with Crippen LogP contribution in [0.5, 0.6) is 0 Å². The Morgan fingerprint density at radius 2 is 2.00 bits per heavy atom. The van der Waals surface area contributed by atoms with Crippen molar-refractivity contribution in [2.24, 2.45) is 0 Å². The van der Waals surface area contributed by atoms with Crippen LogP contribution in [-0.4, -0.2) is 0 Å². The fourth-order valence-corrected chi connectivity index (χ4v) is 1.81. The van der Waals surface area contributed by atoms with Crippen LogP contribution in [0.2, 0.25) is 0 Å². The fourth-order valence-electron chi connectivity index (χ4n) is 1.81. The van der Waals surface area contributed by atoms with Gasteiger partial charge in [0.1, 0.15) is 5.76 Å². The van der Waals surface area contributed by atoms with E-state index in [4.69, 9.17) is 4.42 Å². The molecule has 1 aromatic heterocycles. The summed E-state index contributed by atoms with van der Waals surface area (Å²) in [5, 5.41) is 3.47. The van der Waals surface area contributed by atoms with Gasteiger partial charge in [0.2, 0.25) is 0 Å². The van der Waals surface area contributed by atoms with Crippen molar-refractivity contribution in [2.45, 2.75) is 26.3 Å². The first-order valence-electron chi connectivity index (χ1n) is 5.69. The SMILES string of the molecule is CCc1ccccc1NC(C)c1ccco1. The molecule has 2 aromatic rings. The minimum Gasteiger partial charge on any atom is -0.467 e. The number of anilines is 1. The van der Waals surface area contributed by atoms with Gasteiger partial charge in [-0.25, -0.2) is 0 Å². The van der Waals surface area contributed by atoms with Crippen LogP contribution in [0, 0.1) is 0 Å². The summed E-state index contributed by atoms with van der Waals surface area (Å²) in [5.74, 6) is 0.964. The zero-order valence-electron chi connectivity index (χ0n) is 9.73. The molecule has 0 radical (unpaired) electrons. The van der Waals surface area contributed by atoms with Gasteiger partial charge in [0, 0.05) is 5.69 Å². The summed E-state index contributed by atoms with van der Waals surface area (Å²) < 4.78 is 5.38. The van der Waals surface area contributed by atoms with E-state index in [0.29, 0.717) is 0 Å². The van der Waals surface area contributed by atoms with E-state index in [1.807, 2.05) is 12.1 Å². The lowest BCUT2D eigenvalue weighted by Gasteiger charge is -2.15. The Bertz CT molecular complexity index is 434. The second kappa shape index (κ2) is 4.88. The number of hydrogen-bond donors (Lipinski definition) is 1. The smallest absolute Gasteiger partial charge is 0.125 e. The molecule has 0 fully saturated rings. The summed E-state index contributed by atoms with van der Waals surface area (Å²) in [4.78, 5) is 0. The molecule has 2 rings (SSSR count). The van der Waals surface area contributed by atoms with Crippen LogP contribution in [-0.2, 0) is 6.42 Å². The largest absolute Gasteiger partial charge is 0.467 e. The monoisotopic (exact) mass is 215 g/mol. The van der Waals surface area contributed by atoms with Crippen LogP contribution in [0.4, 0.5) is 5.69 Å². The predicted octanol–water partition coefficient (Wildman–Crippen LogP) is 4.02. The highest BCUT2D eigenvalue weighted by Gasteiger charge is 2.09. The number of hydrogen-bond acceptors (Lipinski definition) is 2. The summed E-state index contributed by atoms with van der Waals surface area (Å²) >= 11 is 0. The maximum atomic E-state index is 5.38. The van der Waals surface area contributed by atoms with E-state index >= 15 is 0 Å². The minimum absolute atomic E-state index is 0.197. The third-order valence-electron chi connectivity index (χ3n) is 2.74. The van der Waals surface area contributed by atoms with E-state index in [9.17, 15) is 0 Å². The normalized spacial score (nSPS) is 12.4. The Labute approximate surface area is 96.3 Å². The Balaban J connectivity index is 2.14. The molecule has 0 bridgehead atoms. The van der Waals surface area contributed by atoms with E-state index in [1.165, 1.54) is 11.3 Å². The van der Waals surface area contributed by atoms with Crippen molar-refractivity contribution in [1.29, 1.82) is 0 Å². The Morgan fingerprint density at radius 1 is 1.19 bits per heavy atom. The van der Waals surface area contributed by atoms with E-state index < -0.39 is 0 Å². The van der Waals surface area contributed by atoms with Crippen molar-refractivity contribution in [3.63, 3.8) is 0 Å². The van der Waals surface area contributed by atoms with Crippen molar-refractivity contribution in [3.05, 3.63) is 54.0 Å². The Hall–Kier alpha value is -1.70. The number of para-hydroxylation sites is 1. The predicted molar refractivity (Wildman–Crippen MR) is 66.6 cm³/mol. The lowest BCUT2D eigenvalue weighted by atomic mass is 10.1. The lowest BCUT2D eigenvalue weighted by Crippen LogP contribution is -2.07. The number of furan rings is 1. The van der Waals surface area contributed by atoms with Crippen LogP contribution in [0.25, 0.3) is 0 Å². The zero-order valence-corrected chi connectivity index (χ0v) is 9.73. The van der Waals surface area contributed by atoms with Crippen LogP contribution in [0.3, 0.4) is 0 Å². The van der Waals surface area contributed by atoms with Gasteiger partial charge >= 0.3 is 0 Å². The van der Waals surface area contributed by atoms with Crippen molar-refractivity contribution in [3.8, 4) is 0 Å². The summed E-state index contributed by atoms with van der Waals surface area (Å²) in [6, 6.07) is 12.5. The molecule has 1 heterocycles. The third-order valence-corrected chi connectivity index (χ3v) is 2.74. The van der Waals surface area contributed by atoms with E-state index in [1.54, 1.807) is 6.26 Å². The summed E-state index contributed by atoms with van der Waals surface area (Å²) in [7, 11) is 0. The number of benzene rings is 1. The van der Waals surface area contributed by atoms with Crippen molar-refractivity contribution < 1.29 is 4.42 Å². The highest BCUT2D eigenvalue weighted by Crippen LogP contribution is 2.22. The van der Waals surface area contributed by atoms with Gasteiger partial charge in [0.05, 0.1) is 12.3 Å². The molecule has 1 unspecified atom stereocenters. The number of aryl methyl sites for hydroxylation is 1. The molecule has 0 saturated heterocycles. The van der Waals surface area contributed by atoms with Crippen LogP contribution in [0.15, 0.2) is 47.1 Å². The van der Waals surface area contributed by atoms with E-state index in [-0.39, 0.29) is 6.04 Å². The molecule has 2 heteroatoms. The van der Waals surface area contributed by atoms with Gasteiger partial charge in [-0.3, -0.25) is 0 Å². The highest BCUT2D eigenvalue weighted by atomic mass is 16.3. The van der Waals surface area contributed by atoms with Crippen LogP contribution >= 0.6 is 0 Å². The van der Waals surface area contributed by atoms with Gasteiger partial charge in [-0.05, 0) is 37.1 Å². The van der Waals surface area contributed by atoms with Gasteiger partial charge in [0.25, 0.3) is 0 Å². The van der Waals surface area contributed by atoms with Crippen molar-refractivity contribution in [1.82, 2.24) is 0 Å². The standard InChI is InChI=1S/C14H17NO/c1-3-12-7-4-5-8-13(12)15-11(2)14-9-6-10-16-14/h4-11,15H,3H2,1-2H3. The zero-order chi connectivity index (χ0) is 11.4. The maximum Gasteiger partial charge on any atom is 0.125 e. The molecule has 0 saturated carbocycles. The van der Waals surface area contributed by atoms with Gasteiger partial charge in [-0.1, -0.05) is 25.1 Å². The topological polar surface area (TPSA) is 25.2 Å². The maximum absolute atomic E-state index is 5.38. The number of rotatable bonds is 4. The summed E-state index contributed by atoms with van der Waals surface area (Å²) in [5.41, 5.74) is 2.52. The summed E-state index contributed by atoms with van der Waals surface area (Å²) in [6.07, 6.45) is 2.74. The Morgan fingerprint density at radius 3 is 2.69 bits per heavy atom. The van der Waals surface area contributed by atoms with Gasteiger partial charge in [0.15, 0.2) is 0 Å². The highest BCUT2D eigenvalue weighted by molar-refractivity contribution is 5.52. The van der Waals surface area contributed by atoms with Crippen LogP contribution < -0.4 is 5.32 Å². The average Bonchev–Trinajstić information content (AvgIpc) is 2.83. The molecule has 0 aliphatic rings. The molecular formula is C14H17NO. The Kier molecular flexibility index (Phi) is 3.30. The van der Waals surface area contributed by atoms with E-state index in [2.05, 4.69) is 43.4 Å². The average molecular weight is 215 g/mol. The molecular weight excluding hydrogens is 198 g/mol. The van der Waals surface area contributed by atoms with Gasteiger partial charge in [-0.2, -0.15) is 0 Å². The molecule has 1 N–H and O–H groups in total. The molecule has 2 nitrogen and oxygen atoms in total. The lowest BCUT2D eigenvalue weighted by molar-refractivity contribution is 0.490.